The Balaban J connectivity index is 3.52. The van der Waals surface area contributed by atoms with E-state index in [1.165, 1.54) is 0 Å². The average molecular weight is 194 g/mol. The summed E-state index contributed by atoms with van der Waals surface area (Å²) in [6.07, 6.45) is 0. The highest BCUT2D eigenvalue weighted by molar-refractivity contribution is 6.18. The summed E-state index contributed by atoms with van der Waals surface area (Å²) in [5, 5.41) is 3.37. The molecule has 0 amide bonds. The Morgan fingerprint density at radius 1 is 1.50 bits per heavy atom. The molecule has 1 atom stereocenters. The molecule has 0 fully saturated rings. The van der Waals surface area contributed by atoms with Crippen molar-refractivity contribution in [3.05, 3.63) is 0 Å². The molecule has 0 aromatic carbocycles. The summed E-state index contributed by atoms with van der Waals surface area (Å²) in [6.45, 7) is 8.08. The minimum atomic E-state index is 0.170. The lowest BCUT2D eigenvalue weighted by Gasteiger charge is -2.24. The van der Waals surface area contributed by atoms with Gasteiger partial charge in [0.25, 0.3) is 0 Å². The van der Waals surface area contributed by atoms with E-state index < -0.39 is 0 Å². The maximum Gasteiger partial charge on any atom is 0.0613 e. The van der Waals surface area contributed by atoms with Crippen molar-refractivity contribution < 1.29 is 4.74 Å². The van der Waals surface area contributed by atoms with Crippen LogP contribution in [-0.2, 0) is 4.74 Å². The molecule has 12 heavy (non-hydrogen) atoms. The molecular formula is C9H20ClNO. The molecule has 74 valence electrons. The smallest absolute Gasteiger partial charge is 0.0613 e. The Labute approximate surface area is 80.6 Å². The van der Waals surface area contributed by atoms with Crippen LogP contribution in [0, 0.1) is 5.41 Å². The number of alkyl halides is 1. The topological polar surface area (TPSA) is 21.3 Å². The number of ether oxygens (including phenoxy) is 1. The second-order valence-corrected chi connectivity index (χ2v) is 4.30. The molecule has 0 saturated heterocycles. The fourth-order valence-electron chi connectivity index (χ4n) is 0.807. The Morgan fingerprint density at radius 3 is 2.50 bits per heavy atom. The minimum Gasteiger partial charge on any atom is -0.383 e. The van der Waals surface area contributed by atoms with Crippen molar-refractivity contribution in [1.29, 1.82) is 0 Å². The summed E-state index contributed by atoms with van der Waals surface area (Å²) < 4.78 is 5.01. The van der Waals surface area contributed by atoms with Crippen LogP contribution in [0.1, 0.15) is 20.8 Å². The Morgan fingerprint density at radius 2 is 2.08 bits per heavy atom. The van der Waals surface area contributed by atoms with Gasteiger partial charge in [-0.15, -0.1) is 11.6 Å². The van der Waals surface area contributed by atoms with Crippen molar-refractivity contribution in [3.8, 4) is 0 Å². The Hall–Kier alpha value is 0.210. The van der Waals surface area contributed by atoms with Crippen LogP contribution in [0.5, 0.6) is 0 Å². The lowest BCUT2D eigenvalue weighted by atomic mass is 9.96. The number of rotatable bonds is 6. The van der Waals surface area contributed by atoms with Crippen molar-refractivity contribution >= 4 is 11.6 Å². The maximum absolute atomic E-state index is 5.78. The van der Waals surface area contributed by atoms with E-state index in [0.29, 0.717) is 11.9 Å². The van der Waals surface area contributed by atoms with Gasteiger partial charge in [-0.2, -0.15) is 0 Å². The van der Waals surface area contributed by atoms with Crippen LogP contribution in [0.3, 0.4) is 0 Å². The van der Waals surface area contributed by atoms with Crippen molar-refractivity contribution in [2.24, 2.45) is 5.41 Å². The largest absolute Gasteiger partial charge is 0.383 e. The number of nitrogens with one attached hydrogen (secondary N) is 1. The van der Waals surface area contributed by atoms with Crippen LogP contribution < -0.4 is 5.32 Å². The van der Waals surface area contributed by atoms with Crippen molar-refractivity contribution in [2.45, 2.75) is 26.8 Å². The molecule has 0 aliphatic rings. The zero-order valence-electron chi connectivity index (χ0n) is 8.48. The SMILES string of the molecule is COCC(C)NCC(C)(C)CCl. The van der Waals surface area contributed by atoms with Crippen LogP contribution in [0.25, 0.3) is 0 Å². The first-order valence-corrected chi connectivity index (χ1v) is 4.83. The molecule has 0 radical (unpaired) electrons. The monoisotopic (exact) mass is 193 g/mol. The van der Waals surface area contributed by atoms with E-state index in [1.54, 1.807) is 7.11 Å². The van der Waals surface area contributed by atoms with E-state index in [9.17, 15) is 0 Å². The molecule has 1 N–H and O–H groups in total. The summed E-state index contributed by atoms with van der Waals surface area (Å²) in [4.78, 5) is 0. The minimum absolute atomic E-state index is 0.170. The van der Waals surface area contributed by atoms with Crippen LogP contribution in [0.2, 0.25) is 0 Å². The predicted octanol–water partition coefficient (Wildman–Crippen LogP) is 1.88. The van der Waals surface area contributed by atoms with Crippen molar-refractivity contribution in [2.75, 3.05) is 26.1 Å². The lowest BCUT2D eigenvalue weighted by Crippen LogP contribution is -2.38. The molecule has 0 aromatic heterocycles. The molecule has 0 rings (SSSR count). The fourth-order valence-corrected chi connectivity index (χ4v) is 0.901. The second kappa shape index (κ2) is 5.79. The molecule has 0 aromatic rings. The van der Waals surface area contributed by atoms with E-state index in [0.717, 1.165) is 13.2 Å². The lowest BCUT2D eigenvalue weighted by molar-refractivity contribution is 0.167. The highest BCUT2D eigenvalue weighted by Crippen LogP contribution is 2.15. The van der Waals surface area contributed by atoms with Gasteiger partial charge >= 0.3 is 0 Å². The molecule has 0 bridgehead atoms. The van der Waals surface area contributed by atoms with Gasteiger partial charge in [0.1, 0.15) is 0 Å². The maximum atomic E-state index is 5.78. The van der Waals surface area contributed by atoms with Crippen molar-refractivity contribution in [3.63, 3.8) is 0 Å². The highest BCUT2D eigenvalue weighted by atomic mass is 35.5. The highest BCUT2D eigenvalue weighted by Gasteiger charge is 2.16. The van der Waals surface area contributed by atoms with Gasteiger partial charge in [-0.1, -0.05) is 13.8 Å². The number of hydrogen-bond acceptors (Lipinski definition) is 2. The number of halogens is 1. The molecule has 0 heterocycles. The summed E-state index contributed by atoms with van der Waals surface area (Å²) >= 11 is 5.78. The van der Waals surface area contributed by atoms with Gasteiger partial charge in [0, 0.05) is 25.6 Å². The third kappa shape index (κ3) is 5.81. The zero-order chi connectivity index (χ0) is 9.61. The first-order valence-electron chi connectivity index (χ1n) is 4.30. The standard InChI is InChI=1S/C9H20ClNO/c1-8(5-12-4)11-7-9(2,3)6-10/h8,11H,5-7H2,1-4H3. The van der Waals surface area contributed by atoms with Gasteiger partial charge in [-0.05, 0) is 12.3 Å². The quantitative estimate of drug-likeness (QED) is 0.651. The van der Waals surface area contributed by atoms with Crippen LogP contribution in [0.15, 0.2) is 0 Å². The van der Waals surface area contributed by atoms with E-state index in [2.05, 4.69) is 26.1 Å². The summed E-state index contributed by atoms with van der Waals surface area (Å²) in [5.74, 6) is 0.680. The van der Waals surface area contributed by atoms with Crippen LogP contribution >= 0.6 is 11.6 Å². The third-order valence-electron chi connectivity index (χ3n) is 1.71. The number of hydrogen-bond donors (Lipinski definition) is 1. The van der Waals surface area contributed by atoms with Crippen LogP contribution in [0.4, 0.5) is 0 Å². The summed E-state index contributed by atoms with van der Waals surface area (Å²) in [7, 11) is 1.71. The molecule has 0 spiro atoms. The van der Waals surface area contributed by atoms with Gasteiger partial charge < -0.3 is 10.1 Å². The first kappa shape index (κ1) is 12.2. The summed E-state index contributed by atoms with van der Waals surface area (Å²) in [6, 6.07) is 0.400. The van der Waals surface area contributed by atoms with E-state index in [4.69, 9.17) is 16.3 Å². The Bertz CT molecular complexity index is 117. The van der Waals surface area contributed by atoms with Gasteiger partial charge in [-0.25, -0.2) is 0 Å². The van der Waals surface area contributed by atoms with E-state index >= 15 is 0 Å². The van der Waals surface area contributed by atoms with Crippen molar-refractivity contribution in [1.82, 2.24) is 5.32 Å². The normalized spacial score (nSPS) is 14.8. The average Bonchev–Trinajstić information content (AvgIpc) is 2.02. The fraction of sp³-hybridized carbons (Fsp3) is 1.00. The zero-order valence-corrected chi connectivity index (χ0v) is 9.24. The van der Waals surface area contributed by atoms with Gasteiger partial charge in [0.2, 0.25) is 0 Å². The number of methoxy groups -OCH3 is 1. The molecule has 2 nitrogen and oxygen atoms in total. The van der Waals surface area contributed by atoms with E-state index in [1.807, 2.05) is 0 Å². The Kier molecular flexibility index (Phi) is 5.89. The molecule has 0 aliphatic carbocycles. The van der Waals surface area contributed by atoms with Gasteiger partial charge in [0.05, 0.1) is 6.61 Å². The first-order chi connectivity index (χ1) is 5.52. The second-order valence-electron chi connectivity index (χ2n) is 4.04. The van der Waals surface area contributed by atoms with Gasteiger partial charge in [-0.3, -0.25) is 0 Å². The van der Waals surface area contributed by atoms with Gasteiger partial charge in [0.15, 0.2) is 0 Å². The predicted molar refractivity (Wildman–Crippen MR) is 53.8 cm³/mol. The molecule has 0 saturated carbocycles. The van der Waals surface area contributed by atoms with E-state index in [-0.39, 0.29) is 5.41 Å². The van der Waals surface area contributed by atoms with Crippen LogP contribution in [-0.4, -0.2) is 32.2 Å². The molecular weight excluding hydrogens is 174 g/mol. The molecule has 0 aliphatic heterocycles. The summed E-state index contributed by atoms with van der Waals surface area (Å²) in [5.41, 5.74) is 0.170. The third-order valence-corrected chi connectivity index (χ3v) is 2.43. The molecule has 1 unspecified atom stereocenters. The molecule has 3 heteroatoms.